The molecule has 0 atom stereocenters. The van der Waals surface area contributed by atoms with Gasteiger partial charge in [-0.3, -0.25) is 0 Å². The van der Waals surface area contributed by atoms with E-state index in [9.17, 15) is 8.42 Å². The Morgan fingerprint density at radius 1 is 1.59 bits per heavy atom. The zero-order chi connectivity index (χ0) is 12.5. The molecule has 0 amide bonds. The van der Waals surface area contributed by atoms with E-state index in [1.54, 1.807) is 6.08 Å². The molecule has 0 aromatic carbocycles. The van der Waals surface area contributed by atoms with Crippen LogP contribution in [0.5, 0.6) is 0 Å². The molecule has 0 saturated heterocycles. The van der Waals surface area contributed by atoms with Gasteiger partial charge in [0.25, 0.3) is 0 Å². The van der Waals surface area contributed by atoms with Crippen molar-refractivity contribution >= 4 is 32.2 Å². The van der Waals surface area contributed by atoms with Gasteiger partial charge in [0.05, 0.1) is 5.25 Å². The smallest absolute Gasteiger partial charge is 0.187 e. The number of nitrogens with two attached hydrogens (primary N) is 1. The van der Waals surface area contributed by atoms with Crippen LogP contribution in [0.15, 0.2) is 17.6 Å². The molecular formula is C10H15N3O2S2. The van der Waals surface area contributed by atoms with Crippen LogP contribution in [0.2, 0.25) is 0 Å². The predicted octanol–water partition coefficient (Wildman–Crippen LogP) is 1.65. The van der Waals surface area contributed by atoms with E-state index >= 15 is 0 Å². The van der Waals surface area contributed by atoms with Crippen molar-refractivity contribution in [2.45, 2.75) is 29.4 Å². The minimum Gasteiger partial charge on any atom is -0.382 e. The Kier molecular flexibility index (Phi) is 3.39. The molecule has 1 fully saturated rings. The topological polar surface area (TPSA) is 85.1 Å². The van der Waals surface area contributed by atoms with E-state index in [2.05, 4.69) is 16.3 Å². The largest absolute Gasteiger partial charge is 0.382 e. The minimum atomic E-state index is -3.29. The van der Waals surface area contributed by atoms with Crippen LogP contribution in [-0.2, 0) is 9.84 Å². The number of aromatic nitrogens is 1. The lowest BCUT2D eigenvalue weighted by atomic mass is 10.4. The molecule has 1 aromatic rings. The molecule has 3 N–H and O–H groups in total. The Balaban J connectivity index is 2.26. The van der Waals surface area contributed by atoms with Crippen molar-refractivity contribution in [3.8, 4) is 0 Å². The molecule has 1 saturated carbocycles. The first-order valence-electron chi connectivity index (χ1n) is 5.41. The number of anilines is 2. The first-order chi connectivity index (χ1) is 8.07. The van der Waals surface area contributed by atoms with Crippen LogP contribution in [0.4, 0.5) is 10.8 Å². The zero-order valence-corrected chi connectivity index (χ0v) is 11.0. The molecule has 0 radical (unpaired) electrons. The number of hydrogen-bond acceptors (Lipinski definition) is 6. The second-order valence-corrected chi connectivity index (χ2v) is 6.91. The minimum absolute atomic E-state index is 0.114. The van der Waals surface area contributed by atoms with Gasteiger partial charge in [0.2, 0.25) is 0 Å². The van der Waals surface area contributed by atoms with Gasteiger partial charge >= 0.3 is 0 Å². The van der Waals surface area contributed by atoms with Gasteiger partial charge in [0, 0.05) is 6.54 Å². The van der Waals surface area contributed by atoms with Gasteiger partial charge in [0.1, 0.15) is 9.90 Å². The van der Waals surface area contributed by atoms with E-state index < -0.39 is 9.84 Å². The van der Waals surface area contributed by atoms with E-state index in [4.69, 9.17) is 5.73 Å². The molecule has 0 aliphatic heterocycles. The van der Waals surface area contributed by atoms with Gasteiger partial charge in [-0.05, 0) is 30.8 Å². The van der Waals surface area contributed by atoms with Crippen LogP contribution in [-0.4, -0.2) is 24.6 Å². The third-order valence-corrected chi connectivity index (χ3v) is 5.84. The fraction of sp³-hybridized carbons (Fsp3) is 0.500. The molecular weight excluding hydrogens is 258 g/mol. The molecule has 94 valence electrons. The summed E-state index contributed by atoms with van der Waals surface area (Å²) in [4.78, 5) is 0.189. The third kappa shape index (κ3) is 2.44. The lowest BCUT2D eigenvalue weighted by Gasteiger charge is -2.06. The molecule has 1 aliphatic carbocycles. The molecule has 2 rings (SSSR count). The molecule has 0 unspecified atom stereocenters. The maximum Gasteiger partial charge on any atom is 0.187 e. The molecule has 0 bridgehead atoms. The second-order valence-electron chi connectivity index (χ2n) is 3.97. The summed E-state index contributed by atoms with van der Waals surface area (Å²) >= 11 is 1.10. The second kappa shape index (κ2) is 4.66. The third-order valence-electron chi connectivity index (χ3n) is 2.56. The highest BCUT2D eigenvalue weighted by Crippen LogP contribution is 2.40. The average Bonchev–Trinajstić information content (AvgIpc) is 3.05. The van der Waals surface area contributed by atoms with Crippen molar-refractivity contribution in [3.63, 3.8) is 0 Å². The van der Waals surface area contributed by atoms with Crippen LogP contribution in [0.25, 0.3) is 0 Å². The van der Waals surface area contributed by atoms with Crippen LogP contribution < -0.4 is 11.1 Å². The van der Waals surface area contributed by atoms with Gasteiger partial charge in [-0.15, -0.1) is 6.58 Å². The molecule has 1 heterocycles. The normalized spacial score (nSPS) is 15.8. The number of rotatable bonds is 6. The van der Waals surface area contributed by atoms with Crippen molar-refractivity contribution in [1.29, 1.82) is 0 Å². The summed E-state index contributed by atoms with van der Waals surface area (Å²) < 4.78 is 28.2. The van der Waals surface area contributed by atoms with Gasteiger partial charge in [-0.1, -0.05) is 6.08 Å². The molecule has 0 spiro atoms. The number of sulfone groups is 1. The summed E-state index contributed by atoms with van der Waals surface area (Å²) in [5.74, 6) is 0.114. The van der Waals surface area contributed by atoms with Gasteiger partial charge in [0.15, 0.2) is 15.7 Å². The summed E-state index contributed by atoms with van der Waals surface area (Å²) in [5.41, 5.74) is 5.66. The quantitative estimate of drug-likeness (QED) is 0.608. The highest BCUT2D eigenvalue weighted by atomic mass is 32.2. The monoisotopic (exact) mass is 273 g/mol. The fourth-order valence-electron chi connectivity index (χ4n) is 1.51. The Bertz CT molecular complexity index is 518. The van der Waals surface area contributed by atoms with Crippen molar-refractivity contribution in [1.82, 2.24) is 4.37 Å². The maximum atomic E-state index is 12.2. The highest BCUT2D eigenvalue weighted by Gasteiger charge is 2.40. The van der Waals surface area contributed by atoms with E-state index in [0.29, 0.717) is 11.5 Å². The average molecular weight is 273 g/mol. The molecule has 1 aliphatic rings. The Morgan fingerprint density at radius 2 is 2.29 bits per heavy atom. The van der Waals surface area contributed by atoms with Crippen LogP contribution >= 0.6 is 11.5 Å². The van der Waals surface area contributed by atoms with E-state index in [1.165, 1.54) is 0 Å². The Hall–Kier alpha value is -1.08. The first kappa shape index (κ1) is 12.4. The summed E-state index contributed by atoms with van der Waals surface area (Å²) in [7, 11) is -3.29. The number of hydrogen-bond donors (Lipinski definition) is 2. The number of nitrogens with one attached hydrogen (secondary N) is 1. The Labute approximate surface area is 105 Å². The van der Waals surface area contributed by atoms with Crippen molar-refractivity contribution in [2.24, 2.45) is 0 Å². The molecule has 1 aromatic heterocycles. The van der Waals surface area contributed by atoms with Crippen LogP contribution in [0.3, 0.4) is 0 Å². The Morgan fingerprint density at radius 3 is 2.88 bits per heavy atom. The van der Waals surface area contributed by atoms with Crippen molar-refractivity contribution in [2.75, 3.05) is 17.6 Å². The molecule has 5 nitrogen and oxygen atoms in total. The summed E-state index contributed by atoms with van der Waals surface area (Å²) in [6.07, 6.45) is 3.99. The fourth-order valence-corrected chi connectivity index (χ4v) is 4.43. The van der Waals surface area contributed by atoms with Crippen LogP contribution in [0, 0.1) is 0 Å². The van der Waals surface area contributed by atoms with Crippen LogP contribution in [0.1, 0.15) is 19.3 Å². The van der Waals surface area contributed by atoms with E-state index in [-0.39, 0.29) is 16.0 Å². The van der Waals surface area contributed by atoms with Crippen molar-refractivity contribution < 1.29 is 8.42 Å². The number of nitrogen functional groups attached to an aromatic ring is 1. The maximum absolute atomic E-state index is 12.2. The number of nitrogens with zero attached hydrogens (tertiary/aromatic N) is 1. The lowest BCUT2D eigenvalue weighted by Crippen LogP contribution is -2.11. The van der Waals surface area contributed by atoms with Gasteiger partial charge < -0.3 is 11.1 Å². The van der Waals surface area contributed by atoms with Gasteiger partial charge in [-0.2, -0.15) is 4.37 Å². The SMILES string of the molecule is C=CCCNc1snc(N)c1S(=O)(=O)C1CC1. The first-order valence-corrected chi connectivity index (χ1v) is 7.73. The predicted molar refractivity (Wildman–Crippen MR) is 70.0 cm³/mol. The van der Waals surface area contributed by atoms with E-state index in [1.807, 2.05) is 0 Å². The summed E-state index contributed by atoms with van der Waals surface area (Å²) in [5, 5.41) is 3.34. The highest BCUT2D eigenvalue weighted by molar-refractivity contribution is 7.92. The molecule has 7 heteroatoms. The van der Waals surface area contributed by atoms with Crippen molar-refractivity contribution in [3.05, 3.63) is 12.7 Å². The summed E-state index contributed by atoms with van der Waals surface area (Å²) in [6.45, 7) is 4.25. The standard InChI is InChI=1S/C10H15N3O2S2/c1-2-3-6-12-10-8(9(11)13-16-10)17(14,15)7-4-5-7/h2,7,12H,1,3-6H2,(H2,11,13). The lowest BCUT2D eigenvalue weighted by molar-refractivity contribution is 0.595. The van der Waals surface area contributed by atoms with Gasteiger partial charge in [-0.25, -0.2) is 8.42 Å². The summed E-state index contributed by atoms with van der Waals surface area (Å²) in [6, 6.07) is 0. The van der Waals surface area contributed by atoms with E-state index in [0.717, 1.165) is 30.8 Å². The zero-order valence-electron chi connectivity index (χ0n) is 9.35. The molecule has 17 heavy (non-hydrogen) atoms.